The van der Waals surface area contributed by atoms with Gasteiger partial charge in [0.15, 0.2) is 0 Å². The molecule has 7 aromatic carbocycles. The molecule has 0 N–H and O–H groups in total. The fourth-order valence-electron chi connectivity index (χ4n) is 7.35. The molecule has 1 nitrogen and oxygen atoms in total. The van der Waals surface area contributed by atoms with Gasteiger partial charge in [0.1, 0.15) is 0 Å². The van der Waals surface area contributed by atoms with Crippen molar-refractivity contribution in [2.75, 3.05) is 4.90 Å². The van der Waals surface area contributed by atoms with E-state index in [9.17, 15) is 0 Å². The minimum Gasteiger partial charge on any atom is -0.309 e. The van der Waals surface area contributed by atoms with Crippen LogP contribution in [-0.2, 0) is 10.8 Å². The minimum absolute atomic E-state index is 0.00154. The van der Waals surface area contributed by atoms with Crippen molar-refractivity contribution < 1.29 is 0 Å². The maximum atomic E-state index is 6.92. The van der Waals surface area contributed by atoms with Crippen LogP contribution in [0.4, 0.5) is 17.1 Å². The summed E-state index contributed by atoms with van der Waals surface area (Å²) in [6.07, 6.45) is 0. The molecular formula is C50H43BrClNS. The third-order valence-corrected chi connectivity index (χ3v) is 12.1. The van der Waals surface area contributed by atoms with Gasteiger partial charge in [-0.2, -0.15) is 0 Å². The van der Waals surface area contributed by atoms with Crippen molar-refractivity contribution in [3.63, 3.8) is 0 Å². The first kappa shape index (κ1) is 36.3. The van der Waals surface area contributed by atoms with Crippen molar-refractivity contribution in [1.29, 1.82) is 0 Å². The van der Waals surface area contributed by atoms with Gasteiger partial charge in [-0.05, 0) is 86.7 Å². The molecule has 54 heavy (non-hydrogen) atoms. The van der Waals surface area contributed by atoms with Gasteiger partial charge < -0.3 is 4.90 Å². The highest BCUT2D eigenvalue weighted by Gasteiger charge is 2.27. The molecule has 0 radical (unpaired) electrons. The summed E-state index contributed by atoms with van der Waals surface area (Å²) in [6, 6.07) is 55.2. The Morgan fingerprint density at radius 2 is 1.13 bits per heavy atom. The van der Waals surface area contributed by atoms with Gasteiger partial charge in [-0.1, -0.05) is 178 Å². The summed E-state index contributed by atoms with van der Waals surface area (Å²) in [5.74, 6) is 0. The van der Waals surface area contributed by atoms with Crippen molar-refractivity contribution in [3.05, 3.63) is 172 Å². The Bertz CT molecular complexity index is 2590. The predicted molar refractivity (Wildman–Crippen MR) is 240 cm³/mol. The third kappa shape index (κ3) is 7.02. The molecule has 8 aromatic rings. The minimum atomic E-state index is 0.00154. The quantitative estimate of drug-likeness (QED) is 0.162. The van der Waals surface area contributed by atoms with E-state index in [0.29, 0.717) is 5.02 Å². The lowest BCUT2D eigenvalue weighted by Gasteiger charge is -2.31. The normalized spacial score (nSPS) is 12.1. The number of rotatable bonds is 6. The lowest BCUT2D eigenvalue weighted by molar-refractivity contribution is 0.569. The fourth-order valence-corrected chi connectivity index (χ4v) is 9.44. The van der Waals surface area contributed by atoms with Crippen LogP contribution in [-0.4, -0.2) is 0 Å². The number of benzene rings is 7. The smallest absolute Gasteiger partial charge is 0.0633 e. The molecule has 0 aliphatic rings. The second kappa shape index (κ2) is 14.2. The van der Waals surface area contributed by atoms with Crippen LogP contribution in [0.15, 0.2) is 156 Å². The van der Waals surface area contributed by atoms with Gasteiger partial charge >= 0.3 is 0 Å². The Balaban J connectivity index is 1.50. The van der Waals surface area contributed by atoms with E-state index in [2.05, 4.69) is 208 Å². The molecule has 0 amide bonds. The number of fused-ring (bicyclic) bond motifs is 3. The molecule has 0 unspecified atom stereocenters. The Labute approximate surface area is 337 Å². The zero-order valence-electron chi connectivity index (χ0n) is 31.5. The number of anilines is 3. The maximum absolute atomic E-state index is 6.92. The fraction of sp³-hybridized carbons (Fsp3) is 0.160. The van der Waals surface area contributed by atoms with E-state index in [1.165, 1.54) is 48.0 Å². The number of thiophene rings is 1. The average molecular weight is 805 g/mol. The highest BCUT2D eigenvalue weighted by molar-refractivity contribution is 9.10. The number of hydrogen-bond acceptors (Lipinski definition) is 2. The van der Waals surface area contributed by atoms with Crippen molar-refractivity contribution in [2.45, 2.75) is 52.4 Å². The van der Waals surface area contributed by atoms with Gasteiger partial charge in [-0.25, -0.2) is 0 Å². The van der Waals surface area contributed by atoms with Gasteiger partial charge in [0, 0.05) is 52.2 Å². The van der Waals surface area contributed by atoms with Crippen LogP contribution in [0.1, 0.15) is 52.7 Å². The van der Waals surface area contributed by atoms with Gasteiger partial charge in [-0.3, -0.25) is 0 Å². The van der Waals surface area contributed by atoms with Crippen LogP contribution in [0.3, 0.4) is 0 Å². The van der Waals surface area contributed by atoms with Gasteiger partial charge in [0.05, 0.1) is 5.69 Å². The summed E-state index contributed by atoms with van der Waals surface area (Å²) < 4.78 is 3.45. The second-order valence-corrected chi connectivity index (χ2v) is 18.6. The van der Waals surface area contributed by atoms with E-state index in [1.807, 2.05) is 17.4 Å². The van der Waals surface area contributed by atoms with Gasteiger partial charge in [-0.15, -0.1) is 11.3 Å². The summed E-state index contributed by atoms with van der Waals surface area (Å²) in [5, 5.41) is 3.19. The first-order valence-electron chi connectivity index (χ1n) is 18.5. The van der Waals surface area contributed by atoms with Crippen molar-refractivity contribution >= 4 is 76.1 Å². The Kier molecular flexibility index (Phi) is 9.55. The van der Waals surface area contributed by atoms with Crippen LogP contribution in [0, 0.1) is 0 Å². The predicted octanol–water partition coefficient (Wildman–Crippen LogP) is 16.5. The Morgan fingerprint density at radius 3 is 1.78 bits per heavy atom. The Morgan fingerprint density at radius 1 is 0.519 bits per heavy atom. The summed E-state index contributed by atoms with van der Waals surface area (Å²) in [5.41, 5.74) is 12.8. The lowest BCUT2D eigenvalue weighted by atomic mass is 9.79. The highest BCUT2D eigenvalue weighted by Crippen LogP contribution is 2.53. The van der Waals surface area contributed by atoms with Crippen LogP contribution in [0.5, 0.6) is 0 Å². The molecule has 1 aromatic heterocycles. The Hall–Kier alpha value is -4.67. The van der Waals surface area contributed by atoms with E-state index in [4.69, 9.17) is 11.6 Å². The molecule has 8 rings (SSSR count). The molecule has 0 aliphatic carbocycles. The van der Waals surface area contributed by atoms with Crippen LogP contribution in [0.25, 0.3) is 53.6 Å². The van der Waals surface area contributed by atoms with Gasteiger partial charge in [0.25, 0.3) is 0 Å². The standard InChI is InChI=1S/C50H43BrClNS/c1-49(2,3)36-24-35(25-37(27-36)50(4,5)6)34-20-15-21-40(26-34)53(41-29-38(51)28-39(52)30-41)47-43(32-16-9-7-10-17-32)31-44-42-22-13-14-23-45(42)54-48(44)46(47)33-18-11-8-12-19-33/h7-31H,1-6H3. The molecule has 0 aliphatic heterocycles. The summed E-state index contributed by atoms with van der Waals surface area (Å²) >= 11 is 12.6. The van der Waals surface area contributed by atoms with Crippen molar-refractivity contribution in [2.24, 2.45) is 0 Å². The van der Waals surface area contributed by atoms with Crippen LogP contribution >= 0.6 is 38.9 Å². The van der Waals surface area contributed by atoms with Crippen molar-refractivity contribution in [3.8, 4) is 33.4 Å². The van der Waals surface area contributed by atoms with E-state index in [0.717, 1.165) is 38.2 Å². The highest BCUT2D eigenvalue weighted by atomic mass is 79.9. The van der Waals surface area contributed by atoms with Crippen LogP contribution in [0.2, 0.25) is 5.02 Å². The van der Waals surface area contributed by atoms with Crippen molar-refractivity contribution in [1.82, 2.24) is 0 Å². The van der Waals surface area contributed by atoms with E-state index in [-0.39, 0.29) is 10.8 Å². The second-order valence-electron chi connectivity index (χ2n) is 16.2. The molecule has 4 heteroatoms. The van der Waals surface area contributed by atoms with Crippen LogP contribution < -0.4 is 4.90 Å². The van der Waals surface area contributed by atoms with E-state index < -0.39 is 0 Å². The number of halogens is 2. The zero-order chi connectivity index (χ0) is 37.8. The first-order valence-corrected chi connectivity index (χ1v) is 20.5. The SMILES string of the molecule is CC(C)(C)c1cc(-c2cccc(N(c3cc(Cl)cc(Br)c3)c3c(-c4ccccc4)cc4c(sc5ccccc54)c3-c3ccccc3)c2)cc(C(C)(C)C)c1. The lowest BCUT2D eigenvalue weighted by Crippen LogP contribution is -2.16. The molecule has 0 atom stereocenters. The monoisotopic (exact) mass is 803 g/mol. The summed E-state index contributed by atoms with van der Waals surface area (Å²) in [6.45, 7) is 13.8. The summed E-state index contributed by atoms with van der Waals surface area (Å²) in [7, 11) is 0. The topological polar surface area (TPSA) is 3.24 Å². The van der Waals surface area contributed by atoms with Gasteiger partial charge in [0.2, 0.25) is 0 Å². The molecule has 0 saturated carbocycles. The summed E-state index contributed by atoms with van der Waals surface area (Å²) in [4.78, 5) is 2.42. The third-order valence-electron chi connectivity index (χ3n) is 10.2. The number of nitrogens with zero attached hydrogens (tertiary/aromatic N) is 1. The largest absolute Gasteiger partial charge is 0.309 e. The molecule has 1 heterocycles. The van der Waals surface area contributed by atoms with E-state index >= 15 is 0 Å². The molecular weight excluding hydrogens is 762 g/mol. The maximum Gasteiger partial charge on any atom is 0.0633 e. The first-order chi connectivity index (χ1) is 25.8. The van der Waals surface area contributed by atoms with E-state index in [1.54, 1.807) is 0 Å². The average Bonchev–Trinajstić information content (AvgIpc) is 3.52. The molecule has 0 bridgehead atoms. The zero-order valence-corrected chi connectivity index (χ0v) is 34.7. The molecule has 0 fully saturated rings. The molecule has 0 saturated heterocycles. The number of hydrogen-bond donors (Lipinski definition) is 0. The molecule has 0 spiro atoms. The molecule has 268 valence electrons.